The molecule has 0 spiro atoms. The van der Waals surface area contributed by atoms with Crippen LogP contribution in [0.4, 0.5) is 5.69 Å². The van der Waals surface area contributed by atoms with Crippen LogP contribution in [0.1, 0.15) is 11.1 Å². The van der Waals surface area contributed by atoms with E-state index in [0.717, 1.165) is 5.56 Å². The molecule has 0 fully saturated rings. The highest BCUT2D eigenvalue weighted by Crippen LogP contribution is 2.30. The molecule has 0 radical (unpaired) electrons. The summed E-state index contributed by atoms with van der Waals surface area (Å²) in [5.41, 5.74) is 1.11. The van der Waals surface area contributed by atoms with E-state index in [-0.39, 0.29) is 12.1 Å². The van der Waals surface area contributed by atoms with Crippen molar-refractivity contribution in [2.75, 3.05) is 7.11 Å². The van der Waals surface area contributed by atoms with Gasteiger partial charge in [-0.1, -0.05) is 0 Å². The summed E-state index contributed by atoms with van der Waals surface area (Å²) >= 11 is 3.12. The Balaban J connectivity index is 3.24. The number of carbonyl (C=O) groups is 1. The summed E-state index contributed by atoms with van der Waals surface area (Å²) in [5, 5.41) is 10.8. The number of halogens is 1. The molecular weight excluding hydrogens is 278 g/mol. The van der Waals surface area contributed by atoms with E-state index in [2.05, 4.69) is 20.7 Å². The van der Waals surface area contributed by atoms with Crippen LogP contribution in [0.5, 0.6) is 0 Å². The van der Waals surface area contributed by atoms with Gasteiger partial charge in [-0.15, -0.1) is 0 Å². The summed E-state index contributed by atoms with van der Waals surface area (Å²) in [5.74, 6) is -0.499. The van der Waals surface area contributed by atoms with Crippen LogP contribution >= 0.6 is 15.9 Å². The number of ether oxygens (including phenoxy) is 1. The molecule has 1 aromatic carbocycles. The van der Waals surface area contributed by atoms with Crippen LogP contribution in [0.2, 0.25) is 0 Å². The van der Waals surface area contributed by atoms with Gasteiger partial charge < -0.3 is 4.74 Å². The van der Waals surface area contributed by atoms with Crippen LogP contribution < -0.4 is 0 Å². The van der Waals surface area contributed by atoms with Crippen molar-refractivity contribution in [1.82, 2.24) is 0 Å². The van der Waals surface area contributed by atoms with E-state index in [1.807, 2.05) is 0 Å². The van der Waals surface area contributed by atoms with Crippen molar-refractivity contribution < 1.29 is 14.5 Å². The van der Waals surface area contributed by atoms with Crippen molar-refractivity contribution in [3.05, 3.63) is 37.8 Å². The minimum Gasteiger partial charge on any atom is -0.469 e. The number of aryl methyl sites for hydroxylation is 1. The van der Waals surface area contributed by atoms with Gasteiger partial charge in [0, 0.05) is 5.56 Å². The molecule has 0 aliphatic heterocycles. The fourth-order valence-corrected chi connectivity index (χ4v) is 2.13. The van der Waals surface area contributed by atoms with Gasteiger partial charge >= 0.3 is 5.97 Å². The Morgan fingerprint density at radius 1 is 1.56 bits per heavy atom. The summed E-state index contributed by atoms with van der Waals surface area (Å²) in [6.45, 7) is 1.80. The van der Waals surface area contributed by atoms with Crippen LogP contribution in [0.25, 0.3) is 0 Å². The Morgan fingerprint density at radius 2 is 2.19 bits per heavy atom. The van der Waals surface area contributed by atoms with Gasteiger partial charge in [-0.3, -0.25) is 14.9 Å². The third kappa shape index (κ3) is 2.79. The number of carbonyl (C=O) groups excluding carboxylic acids is 1. The number of nitro groups is 1. The standard InChI is InChI=1S/C10H10BrNO4/c1-6-3-7(5-9(13)16-2)10(12(14)15)8(11)4-6/h3-4H,5H2,1-2H3. The summed E-state index contributed by atoms with van der Waals surface area (Å²) < 4.78 is 4.86. The highest BCUT2D eigenvalue weighted by Gasteiger charge is 2.21. The Kier molecular flexibility index (Phi) is 4.00. The molecule has 16 heavy (non-hydrogen) atoms. The predicted molar refractivity (Wildman–Crippen MR) is 61.3 cm³/mol. The molecule has 0 amide bonds. The van der Waals surface area contributed by atoms with Crippen LogP contribution in [-0.2, 0) is 16.0 Å². The van der Waals surface area contributed by atoms with E-state index in [1.165, 1.54) is 7.11 Å². The number of hydrogen-bond donors (Lipinski definition) is 0. The Morgan fingerprint density at radius 3 is 2.69 bits per heavy atom. The molecule has 0 bridgehead atoms. The van der Waals surface area contributed by atoms with Gasteiger partial charge in [-0.25, -0.2) is 0 Å². The highest BCUT2D eigenvalue weighted by atomic mass is 79.9. The Bertz CT molecular complexity index is 445. The second kappa shape index (κ2) is 5.07. The summed E-state index contributed by atoms with van der Waals surface area (Å²) in [6, 6.07) is 3.25. The summed E-state index contributed by atoms with van der Waals surface area (Å²) in [4.78, 5) is 21.5. The van der Waals surface area contributed by atoms with Crippen LogP contribution in [-0.4, -0.2) is 18.0 Å². The average Bonchev–Trinajstić information content (AvgIpc) is 2.15. The lowest BCUT2D eigenvalue weighted by Gasteiger charge is -2.05. The van der Waals surface area contributed by atoms with Crippen LogP contribution in [0.3, 0.4) is 0 Å². The maximum Gasteiger partial charge on any atom is 0.310 e. The first-order chi connectivity index (χ1) is 7.45. The first-order valence-corrected chi connectivity index (χ1v) is 5.25. The van der Waals surface area contributed by atoms with Crippen LogP contribution in [0.15, 0.2) is 16.6 Å². The molecule has 0 N–H and O–H groups in total. The third-order valence-electron chi connectivity index (χ3n) is 2.03. The van der Waals surface area contributed by atoms with E-state index < -0.39 is 10.9 Å². The summed E-state index contributed by atoms with van der Waals surface area (Å²) in [7, 11) is 1.25. The molecule has 0 aliphatic rings. The quantitative estimate of drug-likeness (QED) is 0.486. The van der Waals surface area contributed by atoms with Crippen molar-refractivity contribution in [2.45, 2.75) is 13.3 Å². The molecule has 1 rings (SSSR count). The van der Waals surface area contributed by atoms with Gasteiger partial charge in [0.15, 0.2) is 0 Å². The van der Waals surface area contributed by atoms with E-state index in [4.69, 9.17) is 0 Å². The molecule has 5 nitrogen and oxygen atoms in total. The van der Waals surface area contributed by atoms with Crippen molar-refractivity contribution in [3.63, 3.8) is 0 Å². The van der Waals surface area contributed by atoms with E-state index in [1.54, 1.807) is 19.1 Å². The molecule has 0 unspecified atom stereocenters. The molecule has 0 aliphatic carbocycles. The van der Waals surface area contributed by atoms with Gasteiger partial charge in [-0.05, 0) is 40.5 Å². The molecule has 6 heteroatoms. The molecular formula is C10H10BrNO4. The zero-order valence-corrected chi connectivity index (χ0v) is 10.4. The number of methoxy groups -OCH3 is 1. The highest BCUT2D eigenvalue weighted by molar-refractivity contribution is 9.10. The Labute approximate surface area is 101 Å². The zero-order chi connectivity index (χ0) is 12.3. The minimum atomic E-state index is -0.512. The first-order valence-electron chi connectivity index (χ1n) is 4.46. The summed E-state index contributed by atoms with van der Waals surface area (Å²) in [6.07, 6.45) is -0.104. The zero-order valence-electron chi connectivity index (χ0n) is 8.82. The number of nitrogens with zero attached hydrogens (tertiary/aromatic N) is 1. The molecule has 0 heterocycles. The fraction of sp³-hybridized carbons (Fsp3) is 0.300. The maximum absolute atomic E-state index is 11.1. The lowest BCUT2D eigenvalue weighted by atomic mass is 10.1. The molecule has 0 atom stereocenters. The smallest absolute Gasteiger partial charge is 0.310 e. The number of esters is 1. The molecule has 1 aromatic rings. The minimum absolute atomic E-state index is 0.0870. The topological polar surface area (TPSA) is 69.4 Å². The first kappa shape index (κ1) is 12.6. The third-order valence-corrected chi connectivity index (χ3v) is 2.64. The van der Waals surface area contributed by atoms with Crippen molar-refractivity contribution in [3.8, 4) is 0 Å². The van der Waals surface area contributed by atoms with Crippen molar-refractivity contribution in [2.24, 2.45) is 0 Å². The van der Waals surface area contributed by atoms with Gasteiger partial charge in [0.2, 0.25) is 0 Å². The number of hydrogen-bond acceptors (Lipinski definition) is 4. The van der Waals surface area contributed by atoms with E-state index in [0.29, 0.717) is 10.0 Å². The van der Waals surface area contributed by atoms with Gasteiger partial charge in [-0.2, -0.15) is 0 Å². The monoisotopic (exact) mass is 287 g/mol. The average molecular weight is 288 g/mol. The fourth-order valence-electron chi connectivity index (χ4n) is 1.37. The van der Waals surface area contributed by atoms with Crippen LogP contribution in [0, 0.1) is 17.0 Å². The number of benzene rings is 1. The van der Waals surface area contributed by atoms with E-state index >= 15 is 0 Å². The maximum atomic E-state index is 11.1. The predicted octanol–water partition coefficient (Wildman–Crippen LogP) is 2.38. The lowest BCUT2D eigenvalue weighted by Crippen LogP contribution is -2.07. The second-order valence-electron chi connectivity index (χ2n) is 3.26. The number of nitro benzene ring substituents is 1. The molecule has 86 valence electrons. The number of rotatable bonds is 3. The molecule has 0 saturated heterocycles. The van der Waals surface area contributed by atoms with Gasteiger partial charge in [0.25, 0.3) is 5.69 Å². The van der Waals surface area contributed by atoms with Gasteiger partial charge in [0.1, 0.15) is 0 Å². The molecule has 0 aromatic heterocycles. The Hall–Kier alpha value is -1.43. The van der Waals surface area contributed by atoms with Gasteiger partial charge in [0.05, 0.1) is 22.9 Å². The SMILES string of the molecule is COC(=O)Cc1cc(C)cc(Br)c1[N+](=O)[O-]. The van der Waals surface area contributed by atoms with Crippen molar-refractivity contribution >= 4 is 27.6 Å². The molecule has 0 saturated carbocycles. The van der Waals surface area contributed by atoms with E-state index in [9.17, 15) is 14.9 Å². The second-order valence-corrected chi connectivity index (χ2v) is 4.12. The lowest BCUT2D eigenvalue weighted by molar-refractivity contribution is -0.386. The van der Waals surface area contributed by atoms with Crippen molar-refractivity contribution in [1.29, 1.82) is 0 Å². The largest absolute Gasteiger partial charge is 0.469 e. The normalized spacial score (nSPS) is 9.94.